The molecule has 3 amide bonds. The van der Waals surface area contributed by atoms with Gasteiger partial charge in [0.15, 0.2) is 0 Å². The predicted molar refractivity (Wildman–Crippen MR) is 152 cm³/mol. The van der Waals surface area contributed by atoms with Gasteiger partial charge in [-0.2, -0.15) is 5.26 Å². The lowest BCUT2D eigenvalue weighted by Gasteiger charge is -2.44. The number of benzene rings is 1. The maximum Gasteiger partial charge on any atom is 0.408 e. The molecule has 9 nitrogen and oxygen atoms in total. The molecule has 0 spiro atoms. The molecule has 0 radical (unpaired) electrons. The number of ether oxygens (including phenoxy) is 1. The summed E-state index contributed by atoms with van der Waals surface area (Å²) in [5.41, 5.74) is 0.241. The molecule has 0 unspecified atom stereocenters. The summed E-state index contributed by atoms with van der Waals surface area (Å²) in [5, 5.41) is 12.5. The van der Waals surface area contributed by atoms with E-state index in [1.54, 1.807) is 25.7 Å². The molecule has 2 bridgehead atoms. The van der Waals surface area contributed by atoms with Gasteiger partial charge in [-0.1, -0.05) is 31.4 Å². The Labute approximate surface area is 247 Å². The lowest BCUT2D eigenvalue weighted by Crippen LogP contribution is -2.59. The minimum atomic E-state index is -0.929. The molecule has 0 aromatic heterocycles. The standard InChI is InChI=1S/C32H42FN5O4/c1-32(2,3)42-31(41)35-25(29(39)37-23(16-34)13-21-14-26(21)37)18-36-17-24-15-27(36)30(40)38(24)28(19-7-5-4-6-8-19)20-9-11-22(33)12-10-20/h9-12,19,21,23-28H,4-8,13-15,17-18H2,1-3H3,(H,35,41)/t21-,23+,24-,25+,26+,27-,28+/m1/s1. The molecule has 6 rings (SSSR count). The van der Waals surface area contributed by atoms with Gasteiger partial charge in [0.1, 0.15) is 23.5 Å². The first kappa shape index (κ1) is 28.9. The number of carbonyl (C=O) groups is 3. The molecule has 3 aliphatic heterocycles. The third-order valence-corrected chi connectivity index (χ3v) is 9.84. The van der Waals surface area contributed by atoms with E-state index in [9.17, 15) is 24.0 Å². The van der Waals surface area contributed by atoms with Gasteiger partial charge in [-0.3, -0.25) is 14.5 Å². The summed E-state index contributed by atoms with van der Waals surface area (Å²) >= 11 is 0. The van der Waals surface area contributed by atoms with Crippen LogP contribution in [0.25, 0.3) is 0 Å². The predicted octanol–water partition coefficient (Wildman–Crippen LogP) is 4.14. The number of rotatable bonds is 7. The van der Waals surface area contributed by atoms with E-state index in [0.717, 1.165) is 37.7 Å². The molecule has 5 fully saturated rings. The van der Waals surface area contributed by atoms with Gasteiger partial charge >= 0.3 is 6.09 Å². The van der Waals surface area contributed by atoms with Crippen LogP contribution >= 0.6 is 0 Å². The van der Waals surface area contributed by atoms with Crippen LogP contribution in [0.3, 0.4) is 0 Å². The van der Waals surface area contributed by atoms with Crippen LogP contribution in [0, 0.1) is 29.0 Å². The zero-order chi connectivity index (χ0) is 29.8. The topological polar surface area (TPSA) is 106 Å². The summed E-state index contributed by atoms with van der Waals surface area (Å²) < 4.78 is 19.3. The van der Waals surface area contributed by atoms with E-state index in [0.29, 0.717) is 31.2 Å². The van der Waals surface area contributed by atoms with Crippen molar-refractivity contribution in [3.63, 3.8) is 0 Å². The van der Waals surface area contributed by atoms with Crippen molar-refractivity contribution in [2.75, 3.05) is 13.1 Å². The summed E-state index contributed by atoms with van der Waals surface area (Å²) in [6.45, 7) is 6.06. The number of hydrogen-bond acceptors (Lipinski definition) is 6. The highest BCUT2D eigenvalue weighted by atomic mass is 19.1. The van der Waals surface area contributed by atoms with Crippen LogP contribution < -0.4 is 5.32 Å². The van der Waals surface area contributed by atoms with Crippen molar-refractivity contribution in [2.24, 2.45) is 11.8 Å². The van der Waals surface area contributed by atoms with E-state index in [2.05, 4.69) is 11.4 Å². The molecular weight excluding hydrogens is 537 g/mol. The fraction of sp³-hybridized carbons (Fsp3) is 0.688. The number of carbonyl (C=O) groups excluding carboxylic acids is 3. The van der Waals surface area contributed by atoms with E-state index < -0.39 is 29.8 Å². The van der Waals surface area contributed by atoms with E-state index in [1.165, 1.54) is 18.6 Å². The number of amides is 3. The molecule has 10 heteroatoms. The van der Waals surface area contributed by atoms with Crippen molar-refractivity contribution in [1.82, 2.24) is 20.0 Å². The first-order valence-corrected chi connectivity index (χ1v) is 15.6. The minimum absolute atomic E-state index is 0.0248. The number of piperazine rings is 1. The molecule has 5 aliphatic rings. The average Bonchev–Trinajstić information content (AvgIpc) is 3.27. The lowest BCUT2D eigenvalue weighted by atomic mass is 9.80. The van der Waals surface area contributed by atoms with Gasteiger partial charge in [-0.25, -0.2) is 9.18 Å². The van der Waals surface area contributed by atoms with E-state index in [1.807, 2.05) is 21.9 Å². The Morgan fingerprint density at radius 2 is 1.83 bits per heavy atom. The molecule has 3 saturated heterocycles. The zero-order valence-corrected chi connectivity index (χ0v) is 24.8. The number of fused-ring (bicyclic) bond motifs is 3. The Morgan fingerprint density at radius 1 is 1.12 bits per heavy atom. The largest absolute Gasteiger partial charge is 0.444 e. The third-order valence-electron chi connectivity index (χ3n) is 9.84. The van der Waals surface area contributed by atoms with Crippen LogP contribution in [-0.4, -0.2) is 81.5 Å². The van der Waals surface area contributed by atoms with Crippen LogP contribution in [0.5, 0.6) is 0 Å². The molecule has 2 saturated carbocycles. The highest BCUT2D eigenvalue weighted by molar-refractivity contribution is 5.89. The quantitative estimate of drug-likeness (QED) is 0.521. The second kappa shape index (κ2) is 11.1. The van der Waals surface area contributed by atoms with Crippen molar-refractivity contribution in [3.05, 3.63) is 35.6 Å². The van der Waals surface area contributed by atoms with Gasteiger partial charge in [0.05, 0.1) is 18.2 Å². The molecule has 1 aromatic carbocycles. The maximum absolute atomic E-state index is 14.0. The van der Waals surface area contributed by atoms with Crippen LogP contribution in [0.4, 0.5) is 9.18 Å². The van der Waals surface area contributed by atoms with E-state index in [4.69, 9.17) is 4.74 Å². The fourth-order valence-corrected chi connectivity index (χ4v) is 7.96. The maximum atomic E-state index is 14.0. The van der Waals surface area contributed by atoms with Gasteiger partial charge < -0.3 is 19.9 Å². The van der Waals surface area contributed by atoms with Crippen molar-refractivity contribution in [3.8, 4) is 6.07 Å². The summed E-state index contributed by atoms with van der Waals surface area (Å²) in [4.78, 5) is 46.5. The Balaban J connectivity index is 1.21. The van der Waals surface area contributed by atoms with Gasteiger partial charge in [-0.15, -0.1) is 0 Å². The number of nitriles is 1. The third kappa shape index (κ3) is 5.60. The number of likely N-dealkylation sites (tertiary alicyclic amines) is 3. The van der Waals surface area contributed by atoms with Gasteiger partial charge in [0.2, 0.25) is 11.8 Å². The summed E-state index contributed by atoms with van der Waals surface area (Å²) in [6, 6.07) is 6.96. The number of halogens is 1. The molecule has 2 aliphatic carbocycles. The molecule has 1 aromatic rings. The molecule has 7 atom stereocenters. The van der Waals surface area contributed by atoms with Crippen LogP contribution in [0.15, 0.2) is 24.3 Å². The lowest BCUT2D eigenvalue weighted by molar-refractivity contribution is -0.143. The normalized spacial score (nSPS) is 30.5. The molecule has 42 heavy (non-hydrogen) atoms. The van der Waals surface area contributed by atoms with Crippen molar-refractivity contribution in [2.45, 2.75) is 114 Å². The average molecular weight is 580 g/mol. The summed E-state index contributed by atoms with van der Waals surface area (Å²) in [5.74, 6) is 0.142. The highest BCUT2D eigenvalue weighted by Gasteiger charge is 2.57. The second-order valence-electron chi connectivity index (χ2n) is 13.9. The van der Waals surface area contributed by atoms with Gasteiger partial charge in [0.25, 0.3) is 0 Å². The van der Waals surface area contributed by atoms with Gasteiger partial charge in [0, 0.05) is 25.2 Å². The van der Waals surface area contributed by atoms with Crippen molar-refractivity contribution < 1.29 is 23.5 Å². The molecule has 3 heterocycles. The van der Waals surface area contributed by atoms with Crippen LogP contribution in [0.2, 0.25) is 0 Å². The van der Waals surface area contributed by atoms with Crippen LogP contribution in [-0.2, 0) is 14.3 Å². The molecular formula is C32H42FN5O4. The Bertz CT molecular complexity index is 1250. The fourth-order valence-electron chi connectivity index (χ4n) is 7.96. The number of piperidine rings is 1. The zero-order valence-electron chi connectivity index (χ0n) is 24.8. The number of alkyl carbamates (subject to hydrolysis) is 1. The minimum Gasteiger partial charge on any atom is -0.444 e. The van der Waals surface area contributed by atoms with Crippen molar-refractivity contribution in [1.29, 1.82) is 5.26 Å². The highest BCUT2D eigenvalue weighted by Crippen LogP contribution is 2.48. The van der Waals surface area contributed by atoms with Crippen LogP contribution in [0.1, 0.15) is 83.7 Å². The monoisotopic (exact) mass is 579 g/mol. The summed E-state index contributed by atoms with van der Waals surface area (Å²) in [7, 11) is 0. The van der Waals surface area contributed by atoms with E-state index >= 15 is 0 Å². The SMILES string of the molecule is CC(C)(C)OC(=O)N[C@@H](CN1C[C@H]2C[C@@H]1C(=O)N2[C@H](c1ccc(F)cc1)C1CCCCC1)C(=O)N1[C@H](C#N)C[C@@H]2C[C@@H]21. The Morgan fingerprint density at radius 3 is 2.48 bits per heavy atom. The number of hydrogen-bond donors (Lipinski definition) is 1. The summed E-state index contributed by atoms with van der Waals surface area (Å²) in [6.07, 6.45) is 7.07. The Kier molecular flexibility index (Phi) is 7.67. The number of nitrogens with zero attached hydrogens (tertiary/aromatic N) is 4. The number of nitrogens with one attached hydrogen (secondary N) is 1. The second-order valence-corrected chi connectivity index (χ2v) is 13.9. The first-order valence-electron chi connectivity index (χ1n) is 15.6. The van der Waals surface area contributed by atoms with E-state index in [-0.39, 0.29) is 42.3 Å². The molecule has 1 N–H and O–H groups in total. The van der Waals surface area contributed by atoms with Crippen molar-refractivity contribution >= 4 is 17.9 Å². The smallest absolute Gasteiger partial charge is 0.408 e. The van der Waals surface area contributed by atoms with Gasteiger partial charge in [-0.05, 0) is 82.4 Å². The Hall–Kier alpha value is -3.19. The molecule has 226 valence electrons. The first-order chi connectivity index (χ1) is 20.0.